The number of ether oxygens (including phenoxy) is 1. The van der Waals surface area contributed by atoms with Crippen LogP contribution in [0.25, 0.3) is 0 Å². The van der Waals surface area contributed by atoms with Gasteiger partial charge in [-0.2, -0.15) is 0 Å². The Morgan fingerprint density at radius 3 is 2.11 bits per heavy atom. The van der Waals surface area contributed by atoms with E-state index in [0.717, 1.165) is 14.5 Å². The molecule has 0 bridgehead atoms. The van der Waals surface area contributed by atoms with Crippen LogP contribution >= 0.6 is 31.9 Å². The van der Waals surface area contributed by atoms with Gasteiger partial charge in [0, 0.05) is 6.42 Å². The molecular weight excluding hydrogens is 378 g/mol. The Kier molecular flexibility index (Phi) is 5.41. The monoisotopic (exact) mass is 394 g/mol. The van der Waals surface area contributed by atoms with E-state index in [4.69, 9.17) is 4.74 Å². The van der Waals surface area contributed by atoms with Crippen LogP contribution in [-0.2, 0) is 11.2 Å². The maximum atomic E-state index is 11.4. The number of hydrogen-bond acceptors (Lipinski definition) is 2. The summed E-state index contributed by atoms with van der Waals surface area (Å²) in [5, 5.41) is 9.35. The van der Waals surface area contributed by atoms with Crippen LogP contribution in [-0.4, -0.2) is 49.9 Å². The molecular formula is C13H18Br2NO3+. The fourth-order valence-electron chi connectivity index (χ4n) is 1.84. The van der Waals surface area contributed by atoms with Gasteiger partial charge in [-0.3, -0.25) is 0 Å². The first-order valence-electron chi connectivity index (χ1n) is 5.72. The minimum Gasteiger partial charge on any atom is -0.494 e. The van der Waals surface area contributed by atoms with E-state index in [1.165, 1.54) is 0 Å². The fourth-order valence-corrected chi connectivity index (χ4v) is 3.45. The zero-order valence-electron chi connectivity index (χ0n) is 11.4. The summed E-state index contributed by atoms with van der Waals surface area (Å²) in [5.74, 6) is -0.0866. The second kappa shape index (κ2) is 6.24. The number of carboxylic acids is 1. The highest BCUT2D eigenvalue weighted by molar-refractivity contribution is 9.11. The van der Waals surface area contributed by atoms with Gasteiger partial charge in [0.2, 0.25) is 0 Å². The van der Waals surface area contributed by atoms with Crippen LogP contribution < -0.4 is 4.74 Å². The summed E-state index contributed by atoms with van der Waals surface area (Å²) in [6.07, 6.45) is 0.458. The highest BCUT2D eigenvalue weighted by Gasteiger charge is 2.31. The van der Waals surface area contributed by atoms with Gasteiger partial charge in [0.25, 0.3) is 0 Å². The van der Waals surface area contributed by atoms with Gasteiger partial charge >= 0.3 is 5.97 Å². The number of likely N-dealkylation sites (N-methyl/N-ethyl adjacent to an activating group) is 1. The number of hydrogen-bond donors (Lipinski definition) is 1. The molecule has 19 heavy (non-hydrogen) atoms. The molecule has 106 valence electrons. The third-order valence-electron chi connectivity index (χ3n) is 2.91. The van der Waals surface area contributed by atoms with Gasteiger partial charge in [-0.15, -0.1) is 0 Å². The first-order chi connectivity index (χ1) is 8.66. The fraction of sp³-hybridized carbons (Fsp3) is 0.462. The predicted octanol–water partition coefficient (Wildman–Crippen LogP) is 2.92. The average molecular weight is 396 g/mol. The molecule has 0 spiro atoms. The lowest BCUT2D eigenvalue weighted by Crippen LogP contribution is -2.51. The van der Waals surface area contributed by atoms with Gasteiger partial charge in [0.15, 0.2) is 6.04 Å². The van der Waals surface area contributed by atoms with Gasteiger partial charge in [-0.1, -0.05) is 0 Å². The van der Waals surface area contributed by atoms with Crippen molar-refractivity contribution in [3.8, 4) is 5.75 Å². The smallest absolute Gasteiger partial charge is 0.362 e. The van der Waals surface area contributed by atoms with Crippen LogP contribution in [0.1, 0.15) is 5.56 Å². The molecule has 0 fully saturated rings. The maximum absolute atomic E-state index is 11.4. The predicted molar refractivity (Wildman–Crippen MR) is 81.6 cm³/mol. The van der Waals surface area contributed by atoms with Crippen LogP contribution in [0, 0.1) is 0 Å². The lowest BCUT2D eigenvalue weighted by molar-refractivity contribution is -0.887. The Bertz CT molecular complexity index is 460. The summed E-state index contributed by atoms with van der Waals surface area (Å²) in [4.78, 5) is 11.4. The summed E-state index contributed by atoms with van der Waals surface area (Å²) in [6.45, 7) is 0. The van der Waals surface area contributed by atoms with E-state index in [1.54, 1.807) is 7.11 Å². The van der Waals surface area contributed by atoms with Gasteiger partial charge in [-0.05, 0) is 49.6 Å². The molecule has 1 aromatic rings. The van der Waals surface area contributed by atoms with Gasteiger partial charge in [-0.25, -0.2) is 4.79 Å². The number of quaternary nitrogens is 1. The summed E-state index contributed by atoms with van der Waals surface area (Å²) in [7, 11) is 7.24. The Balaban J connectivity index is 3.08. The summed E-state index contributed by atoms with van der Waals surface area (Å²) < 4.78 is 7.23. The van der Waals surface area contributed by atoms with E-state index in [1.807, 2.05) is 33.3 Å². The van der Waals surface area contributed by atoms with E-state index in [9.17, 15) is 9.90 Å². The molecule has 0 aromatic heterocycles. The molecule has 1 rings (SSSR count). The molecule has 0 saturated carbocycles. The minimum atomic E-state index is -0.796. The van der Waals surface area contributed by atoms with E-state index >= 15 is 0 Å². The molecule has 0 radical (unpaired) electrons. The first kappa shape index (κ1) is 16.5. The third-order valence-corrected chi connectivity index (χ3v) is 4.09. The molecule has 0 saturated heterocycles. The van der Waals surface area contributed by atoms with Crippen molar-refractivity contribution in [1.29, 1.82) is 0 Å². The molecule has 0 aliphatic heterocycles. The molecule has 0 heterocycles. The first-order valence-corrected chi connectivity index (χ1v) is 7.31. The molecule has 0 amide bonds. The number of methoxy groups -OCH3 is 1. The van der Waals surface area contributed by atoms with Crippen molar-refractivity contribution < 1.29 is 19.1 Å². The van der Waals surface area contributed by atoms with Crippen molar-refractivity contribution in [3.05, 3.63) is 26.6 Å². The van der Waals surface area contributed by atoms with E-state index in [-0.39, 0.29) is 0 Å². The molecule has 1 aromatic carbocycles. The van der Waals surface area contributed by atoms with Gasteiger partial charge < -0.3 is 14.3 Å². The molecule has 1 atom stereocenters. The van der Waals surface area contributed by atoms with Crippen LogP contribution in [0.15, 0.2) is 21.1 Å². The largest absolute Gasteiger partial charge is 0.494 e. The van der Waals surface area contributed by atoms with E-state index in [2.05, 4.69) is 31.9 Å². The van der Waals surface area contributed by atoms with E-state index in [0.29, 0.717) is 16.7 Å². The summed E-state index contributed by atoms with van der Waals surface area (Å²) in [5.41, 5.74) is 0.944. The normalized spacial score (nSPS) is 13.2. The summed E-state index contributed by atoms with van der Waals surface area (Å²) >= 11 is 6.86. The Hall–Kier alpha value is -0.590. The van der Waals surface area contributed by atoms with Crippen molar-refractivity contribution in [2.45, 2.75) is 12.5 Å². The van der Waals surface area contributed by atoms with Crippen molar-refractivity contribution in [3.63, 3.8) is 0 Å². The zero-order chi connectivity index (χ0) is 14.8. The molecule has 4 nitrogen and oxygen atoms in total. The number of carboxylic acid groups (broad SMARTS) is 1. The van der Waals surface area contributed by atoms with Crippen LogP contribution in [0.5, 0.6) is 5.75 Å². The molecule has 1 N–H and O–H groups in total. The van der Waals surface area contributed by atoms with Crippen molar-refractivity contribution in [1.82, 2.24) is 0 Å². The number of aliphatic carboxylic acids is 1. The minimum absolute atomic E-state index is 0.372. The standard InChI is InChI=1S/C13H17Br2NO3/c1-16(2,3)11(13(17)18)7-8-5-9(14)12(19-4)10(15)6-8/h5-6,11H,7H2,1-4H3/p+1. The molecule has 0 aliphatic carbocycles. The number of benzene rings is 1. The van der Waals surface area contributed by atoms with Crippen LogP contribution in [0.2, 0.25) is 0 Å². The average Bonchev–Trinajstić information content (AvgIpc) is 2.23. The molecule has 0 aliphatic rings. The maximum Gasteiger partial charge on any atom is 0.362 e. The van der Waals surface area contributed by atoms with Crippen LogP contribution in [0.4, 0.5) is 0 Å². The Morgan fingerprint density at radius 2 is 1.79 bits per heavy atom. The SMILES string of the molecule is COc1c(Br)cc(CC(C(=O)O)[N+](C)(C)C)cc1Br. The van der Waals surface area contributed by atoms with Gasteiger partial charge in [0.05, 0.1) is 37.2 Å². The molecule has 1 unspecified atom stereocenters. The number of halogens is 2. The summed E-state index contributed by atoms with van der Waals surface area (Å²) in [6, 6.07) is 3.30. The second-order valence-electron chi connectivity index (χ2n) is 5.27. The van der Waals surface area contributed by atoms with Crippen molar-refractivity contribution >= 4 is 37.8 Å². The highest BCUT2D eigenvalue weighted by atomic mass is 79.9. The topological polar surface area (TPSA) is 46.5 Å². The zero-order valence-corrected chi connectivity index (χ0v) is 14.6. The highest BCUT2D eigenvalue weighted by Crippen LogP contribution is 2.35. The quantitative estimate of drug-likeness (QED) is 0.779. The number of rotatable bonds is 5. The lowest BCUT2D eigenvalue weighted by atomic mass is 10.0. The number of carbonyl (C=O) groups is 1. The second-order valence-corrected chi connectivity index (χ2v) is 6.98. The number of nitrogens with zero attached hydrogens (tertiary/aromatic N) is 1. The lowest BCUT2D eigenvalue weighted by Gasteiger charge is -2.31. The van der Waals surface area contributed by atoms with Crippen molar-refractivity contribution in [2.75, 3.05) is 28.3 Å². The van der Waals surface area contributed by atoms with Crippen LogP contribution in [0.3, 0.4) is 0 Å². The Labute approximate surface area is 130 Å². The molecule has 6 heteroatoms. The Morgan fingerprint density at radius 1 is 1.32 bits per heavy atom. The third kappa shape index (κ3) is 4.19. The van der Waals surface area contributed by atoms with Gasteiger partial charge in [0.1, 0.15) is 5.75 Å². The van der Waals surface area contributed by atoms with E-state index < -0.39 is 12.0 Å². The van der Waals surface area contributed by atoms with Crippen molar-refractivity contribution in [2.24, 2.45) is 0 Å².